The molecule has 0 radical (unpaired) electrons. The molecule has 0 spiro atoms. The molecule has 0 aromatic heterocycles. The summed E-state index contributed by atoms with van der Waals surface area (Å²) in [7, 11) is 1.57. The Morgan fingerprint density at radius 1 is 1.31 bits per heavy atom. The van der Waals surface area contributed by atoms with Gasteiger partial charge in [-0.1, -0.05) is 12.8 Å². The van der Waals surface area contributed by atoms with Crippen LogP contribution in [0.3, 0.4) is 0 Å². The first-order chi connectivity index (χ1) is 7.08. The Labute approximate surface area is 102 Å². The van der Waals surface area contributed by atoms with Gasteiger partial charge < -0.3 is 16.4 Å². The molecule has 16 heavy (non-hydrogen) atoms. The van der Waals surface area contributed by atoms with E-state index in [1.165, 1.54) is 0 Å². The van der Waals surface area contributed by atoms with E-state index in [1.807, 2.05) is 0 Å². The number of rotatable bonds is 4. The van der Waals surface area contributed by atoms with Crippen molar-refractivity contribution in [2.75, 3.05) is 13.6 Å². The van der Waals surface area contributed by atoms with Crippen molar-refractivity contribution in [2.24, 2.45) is 5.73 Å². The molecule has 0 saturated heterocycles. The average molecular weight is 250 g/mol. The molecule has 0 bridgehead atoms. The Hall–Kier alpha value is -0.810. The average Bonchev–Trinajstić information content (AvgIpc) is 2.66. The van der Waals surface area contributed by atoms with Crippen molar-refractivity contribution in [3.8, 4) is 0 Å². The summed E-state index contributed by atoms with van der Waals surface area (Å²) < 4.78 is 0. The number of carbonyl (C=O) groups excluding carboxylic acids is 2. The maximum atomic E-state index is 11.7. The SMILES string of the molecule is CNC(=O)CCNC(=O)C1(N)CCCC1.Cl. The first kappa shape index (κ1) is 15.2. The Morgan fingerprint density at radius 3 is 2.38 bits per heavy atom. The van der Waals surface area contributed by atoms with E-state index in [4.69, 9.17) is 5.73 Å². The third-order valence-electron chi connectivity index (χ3n) is 2.86. The monoisotopic (exact) mass is 249 g/mol. The molecule has 0 aromatic carbocycles. The highest BCUT2D eigenvalue weighted by atomic mass is 35.5. The van der Waals surface area contributed by atoms with Crippen LogP contribution >= 0.6 is 12.4 Å². The normalized spacial score (nSPS) is 17.4. The zero-order valence-corrected chi connectivity index (χ0v) is 10.4. The lowest BCUT2D eigenvalue weighted by Gasteiger charge is -2.22. The standard InChI is InChI=1S/C10H19N3O2.ClH/c1-12-8(14)4-7-13-9(15)10(11)5-2-3-6-10;/h2-7,11H2,1H3,(H,12,14)(H,13,15);1H. The summed E-state index contributed by atoms with van der Waals surface area (Å²) in [5, 5.41) is 5.20. The second kappa shape index (κ2) is 6.70. The van der Waals surface area contributed by atoms with Gasteiger partial charge in [0.15, 0.2) is 0 Å². The number of hydrogen-bond donors (Lipinski definition) is 3. The van der Waals surface area contributed by atoms with Gasteiger partial charge in [0.25, 0.3) is 0 Å². The van der Waals surface area contributed by atoms with E-state index in [-0.39, 0.29) is 24.2 Å². The lowest BCUT2D eigenvalue weighted by atomic mass is 9.98. The smallest absolute Gasteiger partial charge is 0.240 e. The summed E-state index contributed by atoms with van der Waals surface area (Å²) in [4.78, 5) is 22.6. The molecule has 0 atom stereocenters. The van der Waals surface area contributed by atoms with Crippen molar-refractivity contribution in [3.05, 3.63) is 0 Å². The van der Waals surface area contributed by atoms with Gasteiger partial charge in [0.05, 0.1) is 5.54 Å². The van der Waals surface area contributed by atoms with Gasteiger partial charge in [0.2, 0.25) is 11.8 Å². The molecule has 1 aliphatic carbocycles. The first-order valence-electron chi connectivity index (χ1n) is 5.36. The third kappa shape index (κ3) is 3.98. The molecule has 1 rings (SSSR count). The number of halogens is 1. The lowest BCUT2D eigenvalue weighted by Crippen LogP contribution is -2.52. The zero-order chi connectivity index (χ0) is 11.3. The Morgan fingerprint density at radius 2 is 1.88 bits per heavy atom. The quantitative estimate of drug-likeness (QED) is 0.652. The Kier molecular flexibility index (Phi) is 6.36. The second-order valence-electron chi connectivity index (χ2n) is 4.04. The molecule has 5 nitrogen and oxygen atoms in total. The van der Waals surface area contributed by atoms with Crippen LogP contribution in [0.1, 0.15) is 32.1 Å². The fourth-order valence-electron chi connectivity index (χ4n) is 1.82. The van der Waals surface area contributed by atoms with E-state index >= 15 is 0 Å². The predicted octanol–water partition coefficient (Wildman–Crippen LogP) is -0.0680. The summed E-state index contributed by atoms with van der Waals surface area (Å²) in [5.74, 6) is -0.198. The molecular weight excluding hydrogens is 230 g/mol. The minimum Gasteiger partial charge on any atom is -0.359 e. The lowest BCUT2D eigenvalue weighted by molar-refractivity contribution is -0.126. The summed E-state index contributed by atoms with van der Waals surface area (Å²) in [6, 6.07) is 0. The minimum absolute atomic E-state index is 0. The molecule has 0 aromatic rings. The molecule has 0 heterocycles. The fourth-order valence-corrected chi connectivity index (χ4v) is 1.82. The highest BCUT2D eigenvalue weighted by molar-refractivity contribution is 5.86. The van der Waals surface area contributed by atoms with Crippen LogP contribution in [-0.4, -0.2) is 30.9 Å². The van der Waals surface area contributed by atoms with Gasteiger partial charge in [0.1, 0.15) is 0 Å². The number of nitrogens with one attached hydrogen (secondary N) is 2. The number of hydrogen-bond acceptors (Lipinski definition) is 3. The summed E-state index contributed by atoms with van der Waals surface area (Å²) in [5.41, 5.74) is 5.25. The van der Waals surface area contributed by atoms with Crippen molar-refractivity contribution in [1.29, 1.82) is 0 Å². The topological polar surface area (TPSA) is 84.2 Å². The zero-order valence-electron chi connectivity index (χ0n) is 9.54. The van der Waals surface area contributed by atoms with Gasteiger partial charge >= 0.3 is 0 Å². The van der Waals surface area contributed by atoms with Crippen LogP contribution in [0.5, 0.6) is 0 Å². The van der Waals surface area contributed by atoms with Crippen molar-refractivity contribution >= 4 is 24.2 Å². The van der Waals surface area contributed by atoms with Gasteiger partial charge in [-0.15, -0.1) is 12.4 Å². The highest BCUT2D eigenvalue weighted by Crippen LogP contribution is 2.26. The van der Waals surface area contributed by atoms with Crippen LogP contribution in [0.4, 0.5) is 0 Å². The van der Waals surface area contributed by atoms with Crippen LogP contribution in [0.25, 0.3) is 0 Å². The van der Waals surface area contributed by atoms with Crippen LogP contribution in [0, 0.1) is 0 Å². The van der Waals surface area contributed by atoms with Crippen molar-refractivity contribution in [1.82, 2.24) is 10.6 Å². The molecule has 2 amide bonds. The van der Waals surface area contributed by atoms with Gasteiger partial charge in [-0.05, 0) is 12.8 Å². The van der Waals surface area contributed by atoms with E-state index in [1.54, 1.807) is 7.05 Å². The number of carbonyl (C=O) groups is 2. The summed E-state index contributed by atoms with van der Waals surface area (Å²) in [6.45, 7) is 0.359. The highest BCUT2D eigenvalue weighted by Gasteiger charge is 2.36. The van der Waals surface area contributed by atoms with Crippen LogP contribution in [0.15, 0.2) is 0 Å². The maximum Gasteiger partial charge on any atom is 0.240 e. The van der Waals surface area contributed by atoms with Gasteiger partial charge in [-0.2, -0.15) is 0 Å². The number of nitrogens with two attached hydrogens (primary N) is 1. The second-order valence-corrected chi connectivity index (χ2v) is 4.04. The third-order valence-corrected chi connectivity index (χ3v) is 2.86. The molecule has 1 aliphatic rings. The molecule has 0 aliphatic heterocycles. The van der Waals surface area contributed by atoms with Crippen molar-refractivity contribution < 1.29 is 9.59 Å². The minimum atomic E-state index is -0.692. The molecule has 1 saturated carbocycles. The fraction of sp³-hybridized carbons (Fsp3) is 0.800. The van der Waals surface area contributed by atoms with E-state index < -0.39 is 5.54 Å². The van der Waals surface area contributed by atoms with Crippen LogP contribution in [0.2, 0.25) is 0 Å². The van der Waals surface area contributed by atoms with Gasteiger partial charge in [-0.3, -0.25) is 9.59 Å². The molecule has 4 N–H and O–H groups in total. The van der Waals surface area contributed by atoms with E-state index in [0.29, 0.717) is 13.0 Å². The van der Waals surface area contributed by atoms with Gasteiger partial charge in [-0.25, -0.2) is 0 Å². The molecule has 0 unspecified atom stereocenters. The Balaban J connectivity index is 0.00000225. The first-order valence-corrected chi connectivity index (χ1v) is 5.36. The largest absolute Gasteiger partial charge is 0.359 e. The molecule has 6 heteroatoms. The molecule has 94 valence electrons. The van der Waals surface area contributed by atoms with Gasteiger partial charge in [0, 0.05) is 20.0 Å². The van der Waals surface area contributed by atoms with E-state index in [2.05, 4.69) is 10.6 Å². The van der Waals surface area contributed by atoms with E-state index in [9.17, 15) is 9.59 Å². The maximum absolute atomic E-state index is 11.7. The Bertz CT molecular complexity index is 252. The van der Waals surface area contributed by atoms with Crippen LogP contribution < -0.4 is 16.4 Å². The molecule has 1 fully saturated rings. The van der Waals surface area contributed by atoms with E-state index in [0.717, 1.165) is 25.7 Å². The van der Waals surface area contributed by atoms with Crippen molar-refractivity contribution in [3.63, 3.8) is 0 Å². The summed E-state index contributed by atoms with van der Waals surface area (Å²) >= 11 is 0. The predicted molar refractivity (Wildman–Crippen MR) is 64.3 cm³/mol. The summed E-state index contributed by atoms with van der Waals surface area (Å²) in [6.07, 6.45) is 3.83. The van der Waals surface area contributed by atoms with Crippen LogP contribution in [-0.2, 0) is 9.59 Å². The van der Waals surface area contributed by atoms with Crippen molar-refractivity contribution in [2.45, 2.75) is 37.6 Å². The molecular formula is C10H20ClN3O2. The number of amides is 2.